The fourth-order valence-corrected chi connectivity index (χ4v) is 2.33. The van der Waals surface area contributed by atoms with Crippen molar-refractivity contribution in [1.82, 2.24) is 9.55 Å². The van der Waals surface area contributed by atoms with Crippen LogP contribution in [-0.4, -0.2) is 9.55 Å². The van der Waals surface area contributed by atoms with E-state index in [1.54, 1.807) is 6.33 Å². The molecule has 2 nitrogen and oxygen atoms in total. The molecule has 0 fully saturated rings. The van der Waals surface area contributed by atoms with Gasteiger partial charge in [-0.1, -0.05) is 30.8 Å². The Morgan fingerprint density at radius 1 is 1.05 bits per heavy atom. The second kappa shape index (κ2) is 5.33. The summed E-state index contributed by atoms with van der Waals surface area (Å²) in [5, 5.41) is 0. The van der Waals surface area contributed by atoms with Gasteiger partial charge in [-0.3, -0.25) is 0 Å². The number of rotatable bonds is 3. The van der Waals surface area contributed by atoms with Crippen LogP contribution in [0.2, 0.25) is 0 Å². The molecule has 0 aliphatic heterocycles. The van der Waals surface area contributed by atoms with Crippen LogP contribution in [0.5, 0.6) is 0 Å². The molecule has 0 saturated carbocycles. The summed E-state index contributed by atoms with van der Waals surface area (Å²) < 4.78 is 39.6. The van der Waals surface area contributed by atoms with Gasteiger partial charge in [-0.05, 0) is 35.4 Å². The van der Waals surface area contributed by atoms with Gasteiger partial charge in [0.25, 0.3) is 0 Å². The molecule has 1 aromatic heterocycles. The molecule has 0 aliphatic carbocycles. The van der Waals surface area contributed by atoms with Crippen molar-refractivity contribution in [3.05, 3.63) is 72.6 Å². The van der Waals surface area contributed by atoms with Crippen molar-refractivity contribution in [2.24, 2.45) is 0 Å². The first-order chi connectivity index (χ1) is 10.4. The monoisotopic (exact) mass is 302 g/mol. The highest BCUT2D eigenvalue weighted by molar-refractivity contribution is 5.76. The summed E-state index contributed by atoms with van der Waals surface area (Å²) in [5.41, 5.74) is 2.61. The lowest BCUT2D eigenvalue weighted by Crippen LogP contribution is -2.05. The van der Waals surface area contributed by atoms with Crippen molar-refractivity contribution in [3.8, 4) is 0 Å². The summed E-state index contributed by atoms with van der Waals surface area (Å²) in [4.78, 5) is 4.28. The molecule has 3 rings (SSSR count). The number of alkyl halides is 3. The Balaban J connectivity index is 1.83. The lowest BCUT2D eigenvalue weighted by atomic mass is 10.1. The zero-order valence-corrected chi connectivity index (χ0v) is 11.6. The lowest BCUT2D eigenvalue weighted by molar-refractivity contribution is -0.137. The van der Waals surface area contributed by atoms with Crippen molar-refractivity contribution < 1.29 is 13.2 Å². The van der Waals surface area contributed by atoms with Gasteiger partial charge >= 0.3 is 6.18 Å². The van der Waals surface area contributed by atoms with Crippen LogP contribution in [0.3, 0.4) is 0 Å². The normalized spacial score (nSPS) is 11.8. The van der Waals surface area contributed by atoms with E-state index in [-0.39, 0.29) is 0 Å². The third-order valence-corrected chi connectivity index (χ3v) is 3.51. The summed E-state index contributed by atoms with van der Waals surface area (Å²) in [6, 6.07) is 12.7. The Hall–Kier alpha value is -2.56. The minimum absolute atomic E-state index is 0.478. The van der Waals surface area contributed by atoms with E-state index < -0.39 is 11.7 Å². The van der Waals surface area contributed by atoms with Crippen molar-refractivity contribution in [1.29, 1.82) is 0 Å². The van der Waals surface area contributed by atoms with Gasteiger partial charge in [0.15, 0.2) is 0 Å². The number of aromatic nitrogens is 2. The number of nitrogens with zero attached hydrogens (tertiary/aromatic N) is 2. The van der Waals surface area contributed by atoms with E-state index in [4.69, 9.17) is 0 Å². The van der Waals surface area contributed by atoms with Crippen LogP contribution in [0.15, 0.2) is 61.4 Å². The van der Waals surface area contributed by atoms with E-state index in [0.29, 0.717) is 12.1 Å². The van der Waals surface area contributed by atoms with Crippen molar-refractivity contribution >= 4 is 16.6 Å². The van der Waals surface area contributed by atoms with Gasteiger partial charge in [-0.2, -0.15) is 13.2 Å². The average Bonchev–Trinajstić information content (AvgIpc) is 2.90. The maximum Gasteiger partial charge on any atom is 0.416 e. The lowest BCUT2D eigenvalue weighted by Gasteiger charge is -2.10. The van der Waals surface area contributed by atoms with Crippen LogP contribution in [-0.2, 0) is 12.7 Å². The van der Waals surface area contributed by atoms with E-state index in [9.17, 15) is 13.2 Å². The minimum atomic E-state index is -4.32. The third kappa shape index (κ3) is 2.74. The van der Waals surface area contributed by atoms with Crippen LogP contribution in [0.4, 0.5) is 13.2 Å². The first-order valence-corrected chi connectivity index (χ1v) is 6.70. The zero-order valence-electron chi connectivity index (χ0n) is 11.6. The van der Waals surface area contributed by atoms with Crippen molar-refractivity contribution in [3.63, 3.8) is 0 Å². The molecule has 112 valence electrons. The zero-order chi connectivity index (χ0) is 15.7. The highest BCUT2D eigenvalue weighted by atomic mass is 19.4. The molecular formula is C17H13F3N2. The number of hydrogen-bond acceptors (Lipinski definition) is 1. The number of para-hydroxylation sites is 2. The number of fused-ring (bicyclic) bond motifs is 1. The van der Waals surface area contributed by atoms with Crippen LogP contribution in [0.25, 0.3) is 16.6 Å². The number of hydrogen-bond donors (Lipinski definition) is 0. The fourth-order valence-electron chi connectivity index (χ4n) is 2.33. The Morgan fingerprint density at radius 2 is 1.73 bits per heavy atom. The third-order valence-electron chi connectivity index (χ3n) is 3.51. The van der Waals surface area contributed by atoms with Gasteiger partial charge in [0.05, 0.1) is 22.9 Å². The molecule has 0 N–H and O–H groups in total. The summed E-state index contributed by atoms with van der Waals surface area (Å²) >= 11 is 0. The molecule has 0 unspecified atom stereocenters. The molecule has 0 saturated heterocycles. The molecule has 0 aliphatic rings. The van der Waals surface area contributed by atoms with Gasteiger partial charge in [-0.15, -0.1) is 0 Å². The molecule has 0 atom stereocenters. The fraction of sp³-hybridized carbons (Fsp3) is 0.118. The van der Waals surface area contributed by atoms with Gasteiger partial charge < -0.3 is 4.57 Å². The predicted octanol–water partition coefficient (Wildman–Crippen LogP) is 4.77. The van der Waals surface area contributed by atoms with Gasteiger partial charge in [0, 0.05) is 6.54 Å². The highest BCUT2D eigenvalue weighted by Crippen LogP contribution is 2.30. The molecule has 5 heteroatoms. The van der Waals surface area contributed by atoms with Crippen molar-refractivity contribution in [2.45, 2.75) is 12.7 Å². The Bertz CT molecular complexity index is 814. The SMILES string of the molecule is C=C(Cn1cnc2ccccc21)c1ccc(C(F)(F)F)cc1. The molecule has 0 radical (unpaired) electrons. The minimum Gasteiger partial charge on any atom is -0.326 e. The Kier molecular flexibility index (Phi) is 3.48. The average molecular weight is 302 g/mol. The summed E-state index contributed by atoms with van der Waals surface area (Å²) in [7, 11) is 0. The van der Waals surface area contributed by atoms with E-state index in [1.807, 2.05) is 28.8 Å². The van der Waals surface area contributed by atoms with E-state index in [2.05, 4.69) is 11.6 Å². The van der Waals surface area contributed by atoms with Crippen LogP contribution in [0.1, 0.15) is 11.1 Å². The Labute approximate surface area is 125 Å². The first kappa shape index (κ1) is 14.4. The number of imidazole rings is 1. The highest BCUT2D eigenvalue weighted by Gasteiger charge is 2.29. The maximum absolute atomic E-state index is 12.6. The Morgan fingerprint density at radius 3 is 2.41 bits per heavy atom. The van der Waals surface area contributed by atoms with Crippen LogP contribution in [0, 0.1) is 0 Å². The summed E-state index contributed by atoms with van der Waals surface area (Å²) in [6.45, 7) is 4.45. The summed E-state index contributed by atoms with van der Waals surface area (Å²) in [6.07, 6.45) is -2.61. The molecule has 1 heterocycles. The van der Waals surface area contributed by atoms with E-state index >= 15 is 0 Å². The molecule has 0 amide bonds. The molecule has 2 aromatic carbocycles. The molecular weight excluding hydrogens is 289 g/mol. The quantitative estimate of drug-likeness (QED) is 0.681. The number of halogens is 3. The molecule has 3 aromatic rings. The van der Waals surface area contributed by atoms with E-state index in [0.717, 1.165) is 28.7 Å². The van der Waals surface area contributed by atoms with Gasteiger partial charge in [0.1, 0.15) is 0 Å². The van der Waals surface area contributed by atoms with Gasteiger partial charge in [-0.25, -0.2) is 4.98 Å². The van der Waals surface area contributed by atoms with Crippen LogP contribution >= 0.6 is 0 Å². The van der Waals surface area contributed by atoms with Crippen LogP contribution < -0.4 is 0 Å². The predicted molar refractivity (Wildman–Crippen MR) is 80.2 cm³/mol. The van der Waals surface area contributed by atoms with Crippen molar-refractivity contribution in [2.75, 3.05) is 0 Å². The number of benzene rings is 2. The largest absolute Gasteiger partial charge is 0.416 e. The van der Waals surface area contributed by atoms with E-state index in [1.165, 1.54) is 12.1 Å². The topological polar surface area (TPSA) is 17.8 Å². The smallest absolute Gasteiger partial charge is 0.326 e. The number of allylic oxidation sites excluding steroid dienone is 1. The standard InChI is InChI=1S/C17H13F3N2/c1-12(13-6-8-14(9-7-13)17(18,19)20)10-22-11-21-15-4-2-3-5-16(15)22/h2-9,11H,1,10H2. The molecule has 0 spiro atoms. The molecule has 22 heavy (non-hydrogen) atoms. The van der Waals surface area contributed by atoms with Gasteiger partial charge in [0.2, 0.25) is 0 Å². The second-order valence-electron chi connectivity index (χ2n) is 5.04. The molecule has 0 bridgehead atoms. The first-order valence-electron chi connectivity index (χ1n) is 6.70. The summed E-state index contributed by atoms with van der Waals surface area (Å²) in [5.74, 6) is 0. The maximum atomic E-state index is 12.6. The second-order valence-corrected chi connectivity index (χ2v) is 5.04.